The van der Waals surface area contributed by atoms with E-state index in [0.717, 1.165) is 17.1 Å². The molecule has 0 radical (unpaired) electrons. The number of carbonyl (C=O) groups is 1. The van der Waals surface area contributed by atoms with Crippen LogP contribution in [0.3, 0.4) is 0 Å². The number of nitrogens with one attached hydrogen (secondary N) is 1. The Morgan fingerprint density at radius 2 is 1.95 bits per heavy atom. The van der Waals surface area contributed by atoms with Crippen LogP contribution in [0.5, 0.6) is 0 Å². The molecule has 21 heavy (non-hydrogen) atoms. The fourth-order valence-electron chi connectivity index (χ4n) is 2.29. The summed E-state index contributed by atoms with van der Waals surface area (Å²) in [5.41, 5.74) is 3.68. The molecule has 0 unspecified atom stereocenters. The number of rotatable bonds is 3. The molecule has 0 aliphatic rings. The Balaban J connectivity index is 2.32. The van der Waals surface area contributed by atoms with Gasteiger partial charge in [0.2, 0.25) is 0 Å². The number of hydrogen-bond acceptors (Lipinski definition) is 3. The fourth-order valence-corrected chi connectivity index (χ4v) is 2.54. The van der Waals surface area contributed by atoms with Gasteiger partial charge in [0.1, 0.15) is 5.15 Å². The molecule has 0 bridgehead atoms. The van der Waals surface area contributed by atoms with Crippen LogP contribution in [0.2, 0.25) is 5.15 Å². The Kier molecular flexibility index (Phi) is 4.32. The molecule has 112 valence electrons. The summed E-state index contributed by atoms with van der Waals surface area (Å²) in [6.45, 7) is 9.73. The number of aryl methyl sites for hydroxylation is 2. The van der Waals surface area contributed by atoms with Crippen molar-refractivity contribution in [3.05, 3.63) is 39.9 Å². The van der Waals surface area contributed by atoms with Crippen molar-refractivity contribution in [1.29, 1.82) is 0 Å². The first-order valence-corrected chi connectivity index (χ1v) is 7.18. The first-order chi connectivity index (χ1) is 9.79. The van der Waals surface area contributed by atoms with Crippen molar-refractivity contribution in [2.75, 3.05) is 5.32 Å². The van der Waals surface area contributed by atoms with Crippen LogP contribution in [-0.2, 0) is 0 Å². The smallest absolute Gasteiger partial charge is 0.255 e. The maximum absolute atomic E-state index is 12.4. The Morgan fingerprint density at radius 3 is 2.48 bits per heavy atom. The van der Waals surface area contributed by atoms with Gasteiger partial charge in [-0.2, -0.15) is 5.10 Å². The molecular formula is C15H19ClN4O. The Morgan fingerprint density at radius 1 is 1.29 bits per heavy atom. The number of amides is 1. The van der Waals surface area contributed by atoms with Gasteiger partial charge >= 0.3 is 0 Å². The van der Waals surface area contributed by atoms with E-state index >= 15 is 0 Å². The van der Waals surface area contributed by atoms with E-state index < -0.39 is 0 Å². The molecule has 2 aromatic rings. The van der Waals surface area contributed by atoms with E-state index in [-0.39, 0.29) is 11.9 Å². The van der Waals surface area contributed by atoms with Crippen molar-refractivity contribution in [1.82, 2.24) is 14.8 Å². The molecule has 0 fully saturated rings. The average Bonchev–Trinajstić information content (AvgIpc) is 2.65. The normalized spacial score (nSPS) is 11.0. The first-order valence-electron chi connectivity index (χ1n) is 6.81. The SMILES string of the molecule is Cc1cc(C(=O)Nc2c(C)nn(C(C)C)c2C)cc(Cl)n1. The van der Waals surface area contributed by atoms with Gasteiger partial charge in [-0.1, -0.05) is 11.6 Å². The zero-order valence-corrected chi connectivity index (χ0v) is 13.6. The number of carbonyl (C=O) groups excluding carboxylic acids is 1. The molecule has 0 aliphatic carbocycles. The van der Waals surface area contributed by atoms with E-state index in [1.807, 2.05) is 18.5 Å². The van der Waals surface area contributed by atoms with Gasteiger partial charge in [0.25, 0.3) is 5.91 Å². The highest BCUT2D eigenvalue weighted by molar-refractivity contribution is 6.29. The van der Waals surface area contributed by atoms with Crippen molar-refractivity contribution in [2.45, 2.75) is 40.7 Å². The second-order valence-electron chi connectivity index (χ2n) is 5.36. The minimum absolute atomic E-state index is 0.211. The second-order valence-corrected chi connectivity index (χ2v) is 5.75. The van der Waals surface area contributed by atoms with E-state index in [0.29, 0.717) is 16.4 Å². The van der Waals surface area contributed by atoms with Crippen molar-refractivity contribution in [3.8, 4) is 0 Å². The lowest BCUT2D eigenvalue weighted by Gasteiger charge is -2.09. The van der Waals surface area contributed by atoms with Gasteiger partial charge in [-0.25, -0.2) is 4.98 Å². The molecule has 2 aromatic heterocycles. The monoisotopic (exact) mass is 306 g/mol. The van der Waals surface area contributed by atoms with Crippen LogP contribution in [-0.4, -0.2) is 20.7 Å². The third kappa shape index (κ3) is 3.24. The highest BCUT2D eigenvalue weighted by Gasteiger charge is 2.17. The lowest BCUT2D eigenvalue weighted by Crippen LogP contribution is -2.14. The average molecular weight is 307 g/mol. The zero-order chi connectivity index (χ0) is 15.7. The standard InChI is InChI=1S/C15H19ClN4O/c1-8(2)20-11(5)14(10(4)19-20)18-15(21)12-6-9(3)17-13(16)7-12/h6-8H,1-5H3,(H,18,21). The predicted octanol–water partition coefficient (Wildman–Crippen LogP) is 3.69. The molecule has 1 N–H and O–H groups in total. The number of nitrogens with zero attached hydrogens (tertiary/aromatic N) is 3. The first kappa shape index (κ1) is 15.5. The summed E-state index contributed by atoms with van der Waals surface area (Å²) < 4.78 is 1.90. The third-order valence-corrected chi connectivity index (χ3v) is 3.43. The molecule has 6 heteroatoms. The third-order valence-electron chi connectivity index (χ3n) is 3.24. The molecule has 2 rings (SSSR count). The summed E-state index contributed by atoms with van der Waals surface area (Å²) in [5.74, 6) is -0.211. The van der Waals surface area contributed by atoms with E-state index in [9.17, 15) is 4.79 Å². The number of halogens is 1. The molecule has 1 amide bonds. The number of aromatic nitrogens is 3. The van der Waals surface area contributed by atoms with Gasteiger partial charge in [-0.05, 0) is 46.8 Å². The van der Waals surface area contributed by atoms with E-state index in [1.165, 1.54) is 0 Å². The molecular weight excluding hydrogens is 288 g/mol. The summed E-state index contributed by atoms with van der Waals surface area (Å²) in [4.78, 5) is 16.4. The molecule has 0 saturated heterocycles. The number of anilines is 1. The zero-order valence-electron chi connectivity index (χ0n) is 12.9. The van der Waals surface area contributed by atoms with Gasteiger partial charge < -0.3 is 5.32 Å². The largest absolute Gasteiger partial charge is 0.319 e. The van der Waals surface area contributed by atoms with Gasteiger partial charge in [0, 0.05) is 17.3 Å². The van der Waals surface area contributed by atoms with Gasteiger partial charge in [0.05, 0.1) is 17.1 Å². The maximum Gasteiger partial charge on any atom is 0.255 e. The van der Waals surface area contributed by atoms with Crippen LogP contribution in [0.1, 0.15) is 47.3 Å². The van der Waals surface area contributed by atoms with Crippen molar-refractivity contribution >= 4 is 23.2 Å². The van der Waals surface area contributed by atoms with Crippen LogP contribution >= 0.6 is 11.6 Å². The minimum atomic E-state index is -0.211. The van der Waals surface area contributed by atoms with E-state index in [1.54, 1.807) is 19.1 Å². The van der Waals surface area contributed by atoms with Crippen molar-refractivity contribution in [2.24, 2.45) is 0 Å². The predicted molar refractivity (Wildman–Crippen MR) is 84.0 cm³/mol. The maximum atomic E-state index is 12.4. The summed E-state index contributed by atoms with van der Waals surface area (Å²) in [7, 11) is 0. The molecule has 0 atom stereocenters. The van der Waals surface area contributed by atoms with E-state index in [2.05, 4.69) is 29.2 Å². The highest BCUT2D eigenvalue weighted by atomic mass is 35.5. The lowest BCUT2D eigenvalue weighted by molar-refractivity contribution is 0.102. The van der Waals surface area contributed by atoms with Crippen molar-refractivity contribution < 1.29 is 4.79 Å². The Bertz CT molecular complexity index is 671. The summed E-state index contributed by atoms with van der Waals surface area (Å²) in [6, 6.07) is 3.51. The molecule has 2 heterocycles. The fraction of sp³-hybridized carbons (Fsp3) is 0.400. The van der Waals surface area contributed by atoms with Gasteiger partial charge in [-0.3, -0.25) is 9.48 Å². The van der Waals surface area contributed by atoms with Crippen LogP contribution in [0.15, 0.2) is 12.1 Å². The van der Waals surface area contributed by atoms with Crippen LogP contribution < -0.4 is 5.32 Å². The molecule has 0 spiro atoms. The second kappa shape index (κ2) is 5.85. The van der Waals surface area contributed by atoms with Crippen LogP contribution in [0.25, 0.3) is 0 Å². The summed E-state index contributed by atoms with van der Waals surface area (Å²) in [5, 5.41) is 7.68. The highest BCUT2D eigenvalue weighted by Crippen LogP contribution is 2.23. The molecule has 0 saturated carbocycles. The Labute approximate surface area is 129 Å². The molecule has 0 aliphatic heterocycles. The topological polar surface area (TPSA) is 59.8 Å². The molecule has 5 nitrogen and oxygen atoms in total. The number of pyridine rings is 1. The molecule has 0 aromatic carbocycles. The van der Waals surface area contributed by atoms with Crippen molar-refractivity contribution in [3.63, 3.8) is 0 Å². The lowest BCUT2D eigenvalue weighted by atomic mass is 10.2. The summed E-state index contributed by atoms with van der Waals surface area (Å²) in [6.07, 6.45) is 0. The van der Waals surface area contributed by atoms with Gasteiger partial charge in [0.15, 0.2) is 0 Å². The quantitative estimate of drug-likeness (QED) is 0.880. The number of hydrogen-bond donors (Lipinski definition) is 1. The minimum Gasteiger partial charge on any atom is -0.319 e. The Hall–Kier alpha value is -1.88. The summed E-state index contributed by atoms with van der Waals surface area (Å²) >= 11 is 5.90. The van der Waals surface area contributed by atoms with Gasteiger partial charge in [-0.15, -0.1) is 0 Å². The van der Waals surface area contributed by atoms with Crippen LogP contribution in [0.4, 0.5) is 5.69 Å². The van der Waals surface area contributed by atoms with Crippen LogP contribution in [0, 0.1) is 20.8 Å². The van der Waals surface area contributed by atoms with E-state index in [4.69, 9.17) is 11.6 Å².